The zero-order valence-electron chi connectivity index (χ0n) is 16.7. The fraction of sp³-hybridized carbons (Fsp3) is 0.364. The Labute approximate surface area is 176 Å². The predicted molar refractivity (Wildman–Crippen MR) is 116 cm³/mol. The van der Waals surface area contributed by atoms with Crippen molar-refractivity contribution in [3.8, 4) is 0 Å². The maximum Gasteiger partial charge on any atom is 0.170 e. The number of aryl methyl sites for hydroxylation is 1. The van der Waals surface area contributed by atoms with Gasteiger partial charge in [-0.3, -0.25) is 4.98 Å². The van der Waals surface area contributed by atoms with Crippen molar-refractivity contribution < 1.29 is 9.52 Å². The number of pyridine rings is 1. The topological polar surface area (TPSA) is 66.5 Å². The van der Waals surface area contributed by atoms with Gasteiger partial charge in [-0.2, -0.15) is 0 Å². The number of hydrogen-bond acceptors (Lipinski definition) is 4. The molecule has 1 aliphatic heterocycles. The van der Waals surface area contributed by atoms with Gasteiger partial charge in [-0.05, 0) is 68.4 Å². The van der Waals surface area contributed by atoms with E-state index >= 15 is 0 Å². The number of nitrogens with one attached hydrogen (secondary N) is 1. The first-order valence-electron chi connectivity index (χ1n) is 9.88. The molecule has 0 amide bonds. The minimum Gasteiger partial charge on any atom is -0.467 e. The van der Waals surface area contributed by atoms with Crippen molar-refractivity contribution in [1.29, 1.82) is 0 Å². The highest BCUT2D eigenvalue weighted by atomic mass is 32.1. The maximum absolute atomic E-state index is 9.38. The normalized spacial score (nSPS) is 19.0. The third-order valence-electron chi connectivity index (χ3n) is 5.58. The minimum atomic E-state index is -0.0417. The van der Waals surface area contributed by atoms with Crippen LogP contribution in [0, 0.1) is 13.8 Å². The van der Waals surface area contributed by atoms with Crippen LogP contribution in [0.1, 0.15) is 46.9 Å². The summed E-state index contributed by atoms with van der Waals surface area (Å²) in [5.41, 5.74) is 4.54. The predicted octanol–water partition coefficient (Wildman–Crippen LogP) is 3.50. The highest BCUT2D eigenvalue weighted by molar-refractivity contribution is 7.80. The standard InChI is InChI=1S/C22H26N4O2S/c1-15-13-18(16(2)26(15)14-17-7-5-12-28-17)21-20(19-8-3-4-9-23-19)24-22(29)25(21)10-6-11-27/h3-5,7-9,12-13,20-21,27H,6,10-11,14H2,1-2H3,(H,24,29). The summed E-state index contributed by atoms with van der Waals surface area (Å²) in [5, 5.41) is 13.6. The zero-order valence-corrected chi connectivity index (χ0v) is 17.5. The summed E-state index contributed by atoms with van der Waals surface area (Å²) in [6.07, 6.45) is 4.18. The van der Waals surface area contributed by atoms with E-state index in [0.29, 0.717) is 24.6 Å². The van der Waals surface area contributed by atoms with Crippen LogP contribution in [0.5, 0.6) is 0 Å². The van der Waals surface area contributed by atoms with Gasteiger partial charge in [-0.25, -0.2) is 0 Å². The van der Waals surface area contributed by atoms with E-state index in [1.54, 1.807) is 6.26 Å². The lowest BCUT2D eigenvalue weighted by atomic mass is 9.96. The second-order valence-corrected chi connectivity index (χ2v) is 7.78. The molecule has 152 valence electrons. The number of aliphatic hydroxyl groups excluding tert-OH is 1. The van der Waals surface area contributed by atoms with Gasteiger partial charge in [0.15, 0.2) is 5.11 Å². The second-order valence-electron chi connectivity index (χ2n) is 7.39. The fourth-order valence-electron chi connectivity index (χ4n) is 4.15. The Hall–Kier alpha value is -2.64. The summed E-state index contributed by atoms with van der Waals surface area (Å²) in [6, 6.07) is 12.1. The number of aromatic nitrogens is 2. The van der Waals surface area contributed by atoms with Crippen molar-refractivity contribution in [2.45, 2.75) is 38.9 Å². The number of rotatable bonds is 7. The first kappa shape index (κ1) is 19.7. The molecule has 1 aliphatic rings. The Morgan fingerprint density at radius 1 is 1.24 bits per heavy atom. The maximum atomic E-state index is 9.38. The molecule has 0 bridgehead atoms. The largest absolute Gasteiger partial charge is 0.467 e. The highest BCUT2D eigenvalue weighted by Crippen LogP contribution is 2.40. The smallest absolute Gasteiger partial charge is 0.170 e. The fourth-order valence-corrected chi connectivity index (χ4v) is 4.49. The highest BCUT2D eigenvalue weighted by Gasteiger charge is 2.41. The lowest BCUT2D eigenvalue weighted by Crippen LogP contribution is -2.31. The summed E-state index contributed by atoms with van der Waals surface area (Å²) in [6.45, 7) is 5.79. The average Bonchev–Trinajstić information content (AvgIpc) is 3.42. The van der Waals surface area contributed by atoms with E-state index in [2.05, 4.69) is 39.7 Å². The quantitative estimate of drug-likeness (QED) is 0.581. The monoisotopic (exact) mass is 410 g/mol. The van der Waals surface area contributed by atoms with Gasteiger partial charge >= 0.3 is 0 Å². The van der Waals surface area contributed by atoms with Gasteiger partial charge in [0.2, 0.25) is 0 Å². The Bertz CT molecular complexity index is 968. The molecule has 1 fully saturated rings. The van der Waals surface area contributed by atoms with Crippen molar-refractivity contribution in [2.24, 2.45) is 0 Å². The molecule has 2 atom stereocenters. The summed E-state index contributed by atoms with van der Waals surface area (Å²) in [5.74, 6) is 0.928. The molecule has 2 N–H and O–H groups in total. The Morgan fingerprint density at radius 2 is 2.10 bits per heavy atom. The van der Waals surface area contributed by atoms with Crippen LogP contribution in [0.2, 0.25) is 0 Å². The first-order valence-corrected chi connectivity index (χ1v) is 10.3. The number of furan rings is 1. The van der Waals surface area contributed by atoms with Crippen molar-refractivity contribution in [3.63, 3.8) is 0 Å². The molecule has 6 nitrogen and oxygen atoms in total. The van der Waals surface area contributed by atoms with Crippen LogP contribution in [-0.4, -0.2) is 37.8 Å². The van der Waals surface area contributed by atoms with E-state index < -0.39 is 0 Å². The van der Waals surface area contributed by atoms with E-state index in [-0.39, 0.29) is 18.7 Å². The molecule has 1 saturated heterocycles. The van der Waals surface area contributed by atoms with Gasteiger partial charge in [0.1, 0.15) is 5.76 Å². The minimum absolute atomic E-state index is 0.0144. The van der Waals surface area contributed by atoms with Crippen molar-refractivity contribution in [2.75, 3.05) is 13.2 Å². The second kappa shape index (κ2) is 8.39. The van der Waals surface area contributed by atoms with Gasteiger partial charge in [0, 0.05) is 30.7 Å². The Morgan fingerprint density at radius 3 is 2.79 bits per heavy atom. The van der Waals surface area contributed by atoms with Crippen LogP contribution < -0.4 is 5.32 Å². The van der Waals surface area contributed by atoms with Gasteiger partial charge in [-0.15, -0.1) is 0 Å². The van der Waals surface area contributed by atoms with Crippen molar-refractivity contribution >= 4 is 17.3 Å². The van der Waals surface area contributed by atoms with Crippen molar-refractivity contribution in [3.05, 3.63) is 77.3 Å². The van der Waals surface area contributed by atoms with Crippen molar-refractivity contribution in [1.82, 2.24) is 19.8 Å². The average molecular weight is 411 g/mol. The molecule has 0 spiro atoms. The third-order valence-corrected chi connectivity index (χ3v) is 5.93. The first-order chi connectivity index (χ1) is 14.1. The van der Waals surface area contributed by atoms with Crippen LogP contribution in [0.25, 0.3) is 0 Å². The number of nitrogens with zero attached hydrogens (tertiary/aromatic N) is 3. The lowest BCUT2D eigenvalue weighted by molar-refractivity contribution is 0.247. The van der Waals surface area contributed by atoms with Crippen LogP contribution in [0.3, 0.4) is 0 Å². The Kier molecular flexibility index (Phi) is 5.69. The third kappa shape index (κ3) is 3.80. The molecule has 7 heteroatoms. The molecule has 4 heterocycles. The zero-order chi connectivity index (χ0) is 20.4. The SMILES string of the molecule is Cc1cc(C2C(c3ccccn3)NC(=S)N2CCCO)c(C)n1Cc1ccco1. The Balaban J connectivity index is 1.74. The number of hydrogen-bond donors (Lipinski definition) is 2. The molecule has 29 heavy (non-hydrogen) atoms. The molecule has 2 unspecified atom stereocenters. The molecule has 0 aliphatic carbocycles. The number of thiocarbonyl (C=S) groups is 1. The molecule has 3 aromatic rings. The van der Waals surface area contributed by atoms with Gasteiger partial charge < -0.3 is 24.3 Å². The van der Waals surface area contributed by atoms with E-state index in [0.717, 1.165) is 11.5 Å². The molecular weight excluding hydrogens is 384 g/mol. The van der Waals surface area contributed by atoms with Crippen LogP contribution in [0.4, 0.5) is 0 Å². The van der Waals surface area contributed by atoms with Crippen LogP contribution >= 0.6 is 12.2 Å². The number of aliphatic hydroxyl groups is 1. The summed E-state index contributed by atoms with van der Waals surface area (Å²) in [4.78, 5) is 6.77. The van der Waals surface area contributed by atoms with E-state index in [1.165, 1.54) is 17.0 Å². The summed E-state index contributed by atoms with van der Waals surface area (Å²) in [7, 11) is 0. The molecule has 3 aromatic heterocycles. The molecule has 0 saturated carbocycles. The molecule has 0 radical (unpaired) electrons. The molecule has 4 rings (SSSR count). The lowest BCUT2D eigenvalue weighted by Gasteiger charge is -2.28. The van der Waals surface area contributed by atoms with Gasteiger partial charge in [0.25, 0.3) is 0 Å². The van der Waals surface area contributed by atoms with Gasteiger partial charge in [0.05, 0.1) is 30.6 Å². The summed E-state index contributed by atoms with van der Waals surface area (Å²) >= 11 is 5.67. The van der Waals surface area contributed by atoms with Crippen LogP contribution in [-0.2, 0) is 6.54 Å². The van der Waals surface area contributed by atoms with Crippen LogP contribution in [0.15, 0.2) is 53.3 Å². The summed E-state index contributed by atoms with van der Waals surface area (Å²) < 4.78 is 7.83. The van der Waals surface area contributed by atoms with E-state index in [9.17, 15) is 5.11 Å². The van der Waals surface area contributed by atoms with E-state index in [1.807, 2.05) is 36.5 Å². The van der Waals surface area contributed by atoms with Gasteiger partial charge in [-0.1, -0.05) is 6.07 Å². The van der Waals surface area contributed by atoms with E-state index in [4.69, 9.17) is 16.6 Å². The molecule has 0 aromatic carbocycles. The molecular formula is C22H26N4O2S.